The van der Waals surface area contributed by atoms with Crippen LogP contribution in [0.3, 0.4) is 0 Å². The Kier molecular flexibility index (Phi) is 7.57. The molecule has 1 unspecified atom stereocenters. The van der Waals surface area contributed by atoms with Crippen molar-refractivity contribution in [1.29, 1.82) is 0 Å². The van der Waals surface area contributed by atoms with E-state index in [-0.39, 0.29) is 6.04 Å². The van der Waals surface area contributed by atoms with Crippen LogP contribution in [-0.2, 0) is 0 Å². The maximum atomic E-state index is 6.03. The highest BCUT2D eigenvalue weighted by atomic mass is 35.5. The molecule has 5 heteroatoms. The van der Waals surface area contributed by atoms with Crippen LogP contribution in [0.4, 0.5) is 5.82 Å². The highest BCUT2D eigenvalue weighted by Crippen LogP contribution is 2.26. The van der Waals surface area contributed by atoms with E-state index in [1.165, 1.54) is 0 Å². The van der Waals surface area contributed by atoms with Crippen LogP contribution in [0.1, 0.15) is 38.8 Å². The van der Waals surface area contributed by atoms with E-state index in [0.29, 0.717) is 16.8 Å². The Balaban J connectivity index is 2.73. The molecule has 0 aliphatic rings. The third-order valence-corrected chi connectivity index (χ3v) is 4.35. The lowest BCUT2D eigenvalue weighted by Gasteiger charge is -2.20. The van der Waals surface area contributed by atoms with Crippen LogP contribution < -0.4 is 11.1 Å². The summed E-state index contributed by atoms with van der Waals surface area (Å²) in [6.07, 6.45) is 2.69. The molecule has 3 nitrogen and oxygen atoms in total. The molecule has 1 rings (SSSR count). The molecule has 19 heavy (non-hydrogen) atoms. The van der Waals surface area contributed by atoms with Crippen LogP contribution in [0.25, 0.3) is 0 Å². The molecule has 0 saturated carbocycles. The van der Waals surface area contributed by atoms with Gasteiger partial charge < -0.3 is 11.1 Å². The summed E-state index contributed by atoms with van der Waals surface area (Å²) >= 11 is 7.97. The number of nitrogens with one attached hydrogen (secondary N) is 1. The van der Waals surface area contributed by atoms with Crippen LogP contribution in [0.15, 0.2) is 12.3 Å². The number of nitrogens with zero attached hydrogens (tertiary/aromatic N) is 1. The minimum Gasteiger partial charge on any atom is -0.383 e. The Labute approximate surface area is 125 Å². The minimum atomic E-state index is 0.217. The third-order valence-electron chi connectivity index (χ3n) is 2.67. The molecule has 1 atom stereocenters. The fourth-order valence-electron chi connectivity index (χ4n) is 1.74. The number of rotatable bonds is 8. The molecule has 1 heterocycles. The molecule has 0 saturated heterocycles. The molecule has 0 aromatic carbocycles. The van der Waals surface area contributed by atoms with Crippen molar-refractivity contribution in [3.05, 3.63) is 22.8 Å². The lowest BCUT2D eigenvalue weighted by atomic mass is 10.1. The van der Waals surface area contributed by atoms with Crippen molar-refractivity contribution in [2.24, 2.45) is 5.92 Å². The van der Waals surface area contributed by atoms with Crippen molar-refractivity contribution < 1.29 is 0 Å². The summed E-state index contributed by atoms with van der Waals surface area (Å²) in [7, 11) is 0. The van der Waals surface area contributed by atoms with E-state index in [0.717, 1.165) is 30.0 Å². The zero-order valence-corrected chi connectivity index (χ0v) is 13.5. The smallest absolute Gasteiger partial charge is 0.128 e. The monoisotopic (exact) mass is 301 g/mol. The minimum absolute atomic E-state index is 0.217. The Morgan fingerprint density at radius 1 is 1.42 bits per heavy atom. The Bertz CT molecular complexity index is 385. The first-order valence-electron chi connectivity index (χ1n) is 6.76. The standard InChI is InChI=1S/C14H24ClN3S/c1-4-5-17-13(9-19-8-10(2)3)12-6-11(15)7-18-14(12)16/h6-7,10,13,17H,4-5,8-9H2,1-3H3,(H2,16,18). The Hall–Kier alpha value is -0.450. The normalized spacial score (nSPS) is 12.9. The van der Waals surface area contributed by atoms with Crippen molar-refractivity contribution in [2.75, 3.05) is 23.8 Å². The number of hydrogen-bond acceptors (Lipinski definition) is 4. The largest absolute Gasteiger partial charge is 0.383 e. The number of aromatic nitrogens is 1. The van der Waals surface area contributed by atoms with Crippen LogP contribution >= 0.6 is 23.4 Å². The molecule has 1 aromatic rings. The van der Waals surface area contributed by atoms with Gasteiger partial charge in [-0.3, -0.25) is 0 Å². The molecule has 0 aliphatic carbocycles. The molecule has 108 valence electrons. The average molecular weight is 302 g/mol. The first-order chi connectivity index (χ1) is 9.04. The molecular formula is C14H24ClN3S. The highest BCUT2D eigenvalue weighted by molar-refractivity contribution is 7.99. The van der Waals surface area contributed by atoms with Crippen molar-refractivity contribution in [3.63, 3.8) is 0 Å². The number of hydrogen-bond donors (Lipinski definition) is 2. The summed E-state index contributed by atoms with van der Waals surface area (Å²) in [5.41, 5.74) is 6.99. The van der Waals surface area contributed by atoms with Gasteiger partial charge in [0.05, 0.1) is 5.02 Å². The second kappa shape index (κ2) is 8.67. The van der Waals surface area contributed by atoms with Gasteiger partial charge in [-0.25, -0.2) is 4.98 Å². The van der Waals surface area contributed by atoms with Crippen molar-refractivity contribution in [1.82, 2.24) is 10.3 Å². The average Bonchev–Trinajstić information content (AvgIpc) is 2.36. The predicted octanol–water partition coefficient (Wildman–Crippen LogP) is 3.75. The van der Waals surface area contributed by atoms with Gasteiger partial charge in [-0.1, -0.05) is 32.4 Å². The summed E-state index contributed by atoms with van der Waals surface area (Å²) in [4.78, 5) is 4.15. The predicted molar refractivity (Wildman–Crippen MR) is 86.9 cm³/mol. The lowest BCUT2D eigenvalue weighted by Crippen LogP contribution is -2.25. The number of halogens is 1. The SMILES string of the molecule is CCCNC(CSCC(C)C)c1cc(Cl)cnc1N. The molecule has 0 bridgehead atoms. The van der Waals surface area contributed by atoms with E-state index < -0.39 is 0 Å². The maximum Gasteiger partial charge on any atom is 0.128 e. The lowest BCUT2D eigenvalue weighted by molar-refractivity contribution is 0.577. The Morgan fingerprint density at radius 2 is 2.16 bits per heavy atom. The van der Waals surface area contributed by atoms with E-state index in [2.05, 4.69) is 31.1 Å². The molecule has 3 N–H and O–H groups in total. The number of pyridine rings is 1. The fraction of sp³-hybridized carbons (Fsp3) is 0.643. The van der Waals surface area contributed by atoms with Crippen LogP contribution in [-0.4, -0.2) is 23.0 Å². The van der Waals surface area contributed by atoms with Gasteiger partial charge >= 0.3 is 0 Å². The van der Waals surface area contributed by atoms with Crippen molar-refractivity contribution >= 4 is 29.2 Å². The Morgan fingerprint density at radius 3 is 2.79 bits per heavy atom. The van der Waals surface area contributed by atoms with Gasteiger partial charge in [0.15, 0.2) is 0 Å². The second-order valence-electron chi connectivity index (χ2n) is 5.07. The van der Waals surface area contributed by atoms with E-state index in [9.17, 15) is 0 Å². The summed E-state index contributed by atoms with van der Waals surface area (Å²) in [6.45, 7) is 7.59. The zero-order chi connectivity index (χ0) is 14.3. The number of anilines is 1. The molecule has 0 radical (unpaired) electrons. The second-order valence-corrected chi connectivity index (χ2v) is 6.58. The van der Waals surface area contributed by atoms with Crippen molar-refractivity contribution in [2.45, 2.75) is 33.2 Å². The third kappa shape index (κ3) is 6.02. The molecule has 0 spiro atoms. The van der Waals surface area contributed by atoms with Gasteiger partial charge in [0.2, 0.25) is 0 Å². The van der Waals surface area contributed by atoms with Gasteiger partial charge in [-0.2, -0.15) is 11.8 Å². The highest BCUT2D eigenvalue weighted by Gasteiger charge is 2.15. The molecule has 0 aliphatic heterocycles. The molecule has 0 fully saturated rings. The van der Waals surface area contributed by atoms with E-state index in [1.54, 1.807) is 6.20 Å². The van der Waals surface area contributed by atoms with Gasteiger partial charge in [-0.15, -0.1) is 0 Å². The number of thioether (sulfide) groups is 1. The van der Waals surface area contributed by atoms with E-state index >= 15 is 0 Å². The quantitative estimate of drug-likeness (QED) is 0.768. The van der Waals surface area contributed by atoms with Crippen molar-refractivity contribution in [3.8, 4) is 0 Å². The molecular weight excluding hydrogens is 278 g/mol. The first kappa shape index (κ1) is 16.6. The topological polar surface area (TPSA) is 50.9 Å². The number of nitrogens with two attached hydrogens (primary N) is 1. The van der Waals surface area contributed by atoms with Gasteiger partial charge in [0.1, 0.15) is 5.82 Å². The molecule has 1 aromatic heterocycles. The van der Waals surface area contributed by atoms with Crippen LogP contribution in [0.5, 0.6) is 0 Å². The molecule has 0 amide bonds. The van der Waals surface area contributed by atoms with Crippen LogP contribution in [0.2, 0.25) is 5.02 Å². The van der Waals surface area contributed by atoms with Crippen LogP contribution in [0, 0.1) is 5.92 Å². The summed E-state index contributed by atoms with van der Waals surface area (Å²) in [5, 5.41) is 4.17. The van der Waals surface area contributed by atoms with E-state index in [1.807, 2.05) is 17.8 Å². The fourth-order valence-corrected chi connectivity index (χ4v) is 3.05. The summed E-state index contributed by atoms with van der Waals surface area (Å²) in [6, 6.07) is 2.14. The van der Waals surface area contributed by atoms with Gasteiger partial charge in [0, 0.05) is 23.6 Å². The summed E-state index contributed by atoms with van der Waals surface area (Å²) < 4.78 is 0. The van der Waals surface area contributed by atoms with Gasteiger partial charge in [-0.05, 0) is 30.7 Å². The van der Waals surface area contributed by atoms with Gasteiger partial charge in [0.25, 0.3) is 0 Å². The van der Waals surface area contributed by atoms with E-state index in [4.69, 9.17) is 17.3 Å². The zero-order valence-electron chi connectivity index (χ0n) is 11.9. The number of nitrogen functional groups attached to an aromatic ring is 1. The first-order valence-corrected chi connectivity index (χ1v) is 8.29. The summed E-state index contributed by atoms with van der Waals surface area (Å²) in [5.74, 6) is 3.41. The maximum absolute atomic E-state index is 6.03.